The number of ketones is 2. The van der Waals surface area contributed by atoms with E-state index in [1.807, 2.05) is 44.2 Å². The number of benzene rings is 2. The van der Waals surface area contributed by atoms with Gasteiger partial charge in [-0.15, -0.1) is 5.10 Å². The van der Waals surface area contributed by atoms with Crippen LogP contribution in [0.5, 0.6) is 0 Å². The van der Waals surface area contributed by atoms with Crippen LogP contribution in [0.4, 0.5) is 0 Å². The first-order valence-corrected chi connectivity index (χ1v) is 10.7. The van der Waals surface area contributed by atoms with Gasteiger partial charge in [-0.25, -0.2) is 4.68 Å². The number of fused-ring (bicyclic) bond motifs is 1. The van der Waals surface area contributed by atoms with Gasteiger partial charge in [-0.05, 0) is 36.4 Å². The van der Waals surface area contributed by atoms with Crippen LogP contribution in [0.25, 0.3) is 11.3 Å². The zero-order valence-electron chi connectivity index (χ0n) is 16.4. The maximum Gasteiger partial charge on any atom is 0.228 e. The topological polar surface area (TPSA) is 74.1 Å². The number of nitrogens with zero attached hydrogens (tertiary/aromatic N) is 3. The fourth-order valence-electron chi connectivity index (χ4n) is 4.12. The summed E-state index contributed by atoms with van der Waals surface area (Å²) in [6.07, 6.45) is 0.501. The first-order valence-electron chi connectivity index (χ1n) is 9.65. The summed E-state index contributed by atoms with van der Waals surface area (Å²) < 4.78 is 8.61. The Balaban J connectivity index is 1.68. The predicted octanol–water partition coefficient (Wildman–Crippen LogP) is 4.62. The Bertz CT molecular complexity index is 1230. The number of carbonyl (C=O) groups excluding carboxylic acids is 2. The maximum atomic E-state index is 13.4. The number of aromatic nitrogens is 3. The molecule has 0 bridgehead atoms. The van der Waals surface area contributed by atoms with Crippen molar-refractivity contribution >= 4 is 34.2 Å². The van der Waals surface area contributed by atoms with Crippen LogP contribution in [0.2, 0.25) is 0 Å². The number of hydrogen-bond acceptors (Lipinski definition) is 5. The number of carbonyl (C=O) groups is 2. The van der Waals surface area contributed by atoms with E-state index in [1.165, 1.54) is 0 Å². The molecular formula is C23H18IN3O3. The molecule has 1 aliphatic carbocycles. The highest BCUT2D eigenvalue weighted by Gasteiger charge is 2.46. The van der Waals surface area contributed by atoms with Gasteiger partial charge in [-0.2, -0.15) is 0 Å². The third-order valence-electron chi connectivity index (χ3n) is 5.49. The smallest absolute Gasteiger partial charge is 0.228 e. The highest BCUT2D eigenvalue weighted by Crippen LogP contribution is 2.44. The van der Waals surface area contributed by atoms with Crippen LogP contribution in [-0.2, 0) is 4.74 Å². The molecule has 0 N–H and O–H groups in total. The Morgan fingerprint density at radius 1 is 1.00 bits per heavy atom. The molecule has 1 atom stereocenters. The van der Waals surface area contributed by atoms with Gasteiger partial charge >= 0.3 is 0 Å². The molecule has 0 saturated carbocycles. The number of allylic oxidation sites excluding steroid dienone is 2. The van der Waals surface area contributed by atoms with Crippen molar-refractivity contribution in [3.05, 3.63) is 80.8 Å². The highest BCUT2D eigenvalue weighted by atomic mass is 127. The summed E-state index contributed by atoms with van der Waals surface area (Å²) in [7, 11) is 0. The van der Waals surface area contributed by atoms with Gasteiger partial charge in [0.15, 0.2) is 11.5 Å². The molecule has 0 radical (unpaired) electrons. The van der Waals surface area contributed by atoms with Crippen molar-refractivity contribution in [3.63, 3.8) is 0 Å². The van der Waals surface area contributed by atoms with E-state index in [0.29, 0.717) is 23.1 Å². The molecule has 2 aliphatic rings. The normalized spacial score (nSPS) is 19.9. The molecule has 0 spiro atoms. The van der Waals surface area contributed by atoms with E-state index >= 15 is 0 Å². The molecule has 0 amide bonds. The standard InChI is InChI=1S/C23H18IN3O3/c1-23(2)12-16(27-22(24)18(25-26-27)13-8-4-3-5-9-13)17-19(28)14-10-6-7-11-15(14)20(29)21(17)30-23/h3-11,16H,12H2,1-2H3. The van der Waals surface area contributed by atoms with Gasteiger partial charge in [0.05, 0.1) is 11.6 Å². The lowest BCUT2D eigenvalue weighted by Crippen LogP contribution is -2.41. The Morgan fingerprint density at radius 2 is 1.63 bits per heavy atom. The van der Waals surface area contributed by atoms with Crippen LogP contribution in [0.15, 0.2) is 65.9 Å². The van der Waals surface area contributed by atoms with Crippen molar-refractivity contribution < 1.29 is 14.3 Å². The van der Waals surface area contributed by atoms with Crippen LogP contribution in [-0.4, -0.2) is 32.2 Å². The Kier molecular flexibility index (Phi) is 4.39. The Morgan fingerprint density at radius 3 is 2.33 bits per heavy atom. The molecule has 1 unspecified atom stereocenters. The van der Waals surface area contributed by atoms with E-state index in [4.69, 9.17) is 4.74 Å². The Labute approximate surface area is 187 Å². The fourth-order valence-corrected chi connectivity index (χ4v) is 4.98. The zero-order valence-corrected chi connectivity index (χ0v) is 18.6. The molecule has 1 aliphatic heterocycles. The van der Waals surface area contributed by atoms with E-state index in [0.717, 1.165) is 15.0 Å². The second-order valence-corrected chi connectivity index (χ2v) is 9.09. The third kappa shape index (κ3) is 2.91. The van der Waals surface area contributed by atoms with Gasteiger partial charge in [-0.1, -0.05) is 59.8 Å². The summed E-state index contributed by atoms with van der Waals surface area (Å²) in [5.74, 6) is -0.308. The summed E-state index contributed by atoms with van der Waals surface area (Å²) in [6, 6.07) is 16.2. The molecule has 3 aromatic rings. The summed E-state index contributed by atoms with van der Waals surface area (Å²) >= 11 is 2.21. The second-order valence-electron chi connectivity index (χ2n) is 8.07. The molecule has 5 rings (SSSR count). The SMILES string of the molecule is CC1(C)CC(n2nnc(-c3ccccc3)c2I)C2=C(O1)C(=O)c1ccccc1C2=O. The van der Waals surface area contributed by atoms with Crippen molar-refractivity contribution in [2.75, 3.05) is 0 Å². The van der Waals surface area contributed by atoms with Crippen molar-refractivity contribution in [2.24, 2.45) is 0 Å². The molecule has 1 aromatic heterocycles. The second kappa shape index (κ2) is 6.87. The van der Waals surface area contributed by atoms with Crippen molar-refractivity contribution in [1.82, 2.24) is 15.0 Å². The van der Waals surface area contributed by atoms with E-state index in [2.05, 4.69) is 32.9 Å². The average Bonchev–Trinajstić information content (AvgIpc) is 3.12. The van der Waals surface area contributed by atoms with Crippen LogP contribution in [0.1, 0.15) is 47.0 Å². The lowest BCUT2D eigenvalue weighted by molar-refractivity contribution is -0.00353. The number of rotatable bonds is 2. The minimum Gasteiger partial charge on any atom is -0.483 e. The highest BCUT2D eigenvalue weighted by molar-refractivity contribution is 14.1. The zero-order chi connectivity index (χ0) is 21.0. The van der Waals surface area contributed by atoms with Gasteiger partial charge in [0.1, 0.15) is 15.0 Å². The summed E-state index contributed by atoms with van der Waals surface area (Å²) in [5.41, 5.74) is 2.22. The lowest BCUT2D eigenvalue weighted by Gasteiger charge is -2.39. The first kappa shape index (κ1) is 19.2. The molecule has 150 valence electrons. The van der Waals surface area contributed by atoms with Gasteiger partial charge < -0.3 is 4.74 Å². The van der Waals surface area contributed by atoms with Crippen LogP contribution in [0, 0.1) is 3.70 Å². The Hall–Kier alpha value is -2.81. The van der Waals surface area contributed by atoms with Crippen molar-refractivity contribution in [2.45, 2.75) is 31.9 Å². The molecule has 0 saturated heterocycles. The lowest BCUT2D eigenvalue weighted by atomic mass is 9.79. The monoisotopic (exact) mass is 511 g/mol. The molecule has 2 aromatic carbocycles. The van der Waals surface area contributed by atoms with Gasteiger partial charge in [-0.3, -0.25) is 9.59 Å². The minimum atomic E-state index is -0.631. The van der Waals surface area contributed by atoms with Crippen LogP contribution < -0.4 is 0 Å². The van der Waals surface area contributed by atoms with E-state index in [-0.39, 0.29) is 17.3 Å². The fraction of sp³-hybridized carbons (Fsp3) is 0.217. The number of Topliss-reactive ketones (excluding diaryl/α,β-unsaturated/α-hetero) is 2. The molecule has 7 heteroatoms. The van der Waals surface area contributed by atoms with Crippen LogP contribution >= 0.6 is 22.6 Å². The first-order chi connectivity index (χ1) is 14.4. The van der Waals surface area contributed by atoms with Crippen LogP contribution in [0.3, 0.4) is 0 Å². The predicted molar refractivity (Wildman–Crippen MR) is 119 cm³/mol. The number of halogens is 1. The van der Waals surface area contributed by atoms with Gasteiger partial charge in [0, 0.05) is 23.1 Å². The maximum absolute atomic E-state index is 13.4. The van der Waals surface area contributed by atoms with Crippen molar-refractivity contribution in [1.29, 1.82) is 0 Å². The van der Waals surface area contributed by atoms with E-state index in [9.17, 15) is 9.59 Å². The molecule has 0 fully saturated rings. The largest absolute Gasteiger partial charge is 0.483 e. The van der Waals surface area contributed by atoms with Gasteiger partial charge in [0.2, 0.25) is 5.78 Å². The van der Waals surface area contributed by atoms with E-state index in [1.54, 1.807) is 28.9 Å². The molecule has 2 heterocycles. The summed E-state index contributed by atoms with van der Waals surface area (Å²) in [5, 5.41) is 8.77. The molecule has 30 heavy (non-hydrogen) atoms. The summed E-state index contributed by atoms with van der Waals surface area (Å²) in [4.78, 5) is 26.6. The quantitative estimate of drug-likeness (QED) is 0.470. The number of hydrogen-bond donors (Lipinski definition) is 0. The third-order valence-corrected chi connectivity index (χ3v) is 6.49. The average molecular weight is 511 g/mol. The van der Waals surface area contributed by atoms with Gasteiger partial charge in [0.25, 0.3) is 0 Å². The molecule has 6 nitrogen and oxygen atoms in total. The minimum absolute atomic E-state index is 0.132. The van der Waals surface area contributed by atoms with E-state index < -0.39 is 11.6 Å². The number of ether oxygens (including phenoxy) is 1. The summed E-state index contributed by atoms with van der Waals surface area (Å²) in [6.45, 7) is 3.84. The molecular weight excluding hydrogens is 493 g/mol. The van der Waals surface area contributed by atoms with Crippen molar-refractivity contribution in [3.8, 4) is 11.3 Å².